The monoisotopic (exact) mass is 859 g/mol. The number of benzene rings is 3. The number of aliphatic hydroxyl groups excluding tert-OH is 4. The van der Waals surface area contributed by atoms with Crippen molar-refractivity contribution in [2.24, 2.45) is 11.7 Å². The number of anilines is 1. The number of nitrogens with zero attached hydrogens (tertiary/aromatic N) is 1. The lowest BCUT2D eigenvalue weighted by molar-refractivity contribution is -0.382. The van der Waals surface area contributed by atoms with Crippen molar-refractivity contribution in [3.05, 3.63) is 87.5 Å². The van der Waals surface area contributed by atoms with Crippen LogP contribution in [0.4, 0.5) is 5.69 Å². The van der Waals surface area contributed by atoms with Crippen molar-refractivity contribution in [3.63, 3.8) is 0 Å². The van der Waals surface area contributed by atoms with Crippen molar-refractivity contribution in [3.8, 4) is 11.5 Å². The lowest BCUT2D eigenvalue weighted by Crippen LogP contribution is -2.78. The van der Waals surface area contributed by atoms with Gasteiger partial charge in [0.05, 0.1) is 31.5 Å². The molecule has 62 heavy (non-hydrogen) atoms. The molecule has 1 saturated carbocycles. The molecule has 330 valence electrons. The maximum Gasteiger partial charge on any atom is 0.242 e. The van der Waals surface area contributed by atoms with E-state index in [1.165, 1.54) is 24.3 Å². The second-order valence-corrected chi connectivity index (χ2v) is 16.8. The Bertz CT molecular complexity index is 2300. The minimum absolute atomic E-state index is 0.000516. The number of carbonyl (C=O) groups excluding carboxylic acids is 4. The van der Waals surface area contributed by atoms with Gasteiger partial charge in [0, 0.05) is 59.4 Å². The van der Waals surface area contributed by atoms with Crippen LogP contribution in [0.1, 0.15) is 80.1 Å². The summed E-state index contributed by atoms with van der Waals surface area (Å²) in [4.78, 5) is 55.9. The molecule has 0 unspecified atom stereocenters. The van der Waals surface area contributed by atoms with E-state index >= 15 is 0 Å². The predicted octanol–water partition coefficient (Wildman–Crippen LogP) is -1.81. The molecule has 19 nitrogen and oxygen atoms in total. The highest BCUT2D eigenvalue weighted by molar-refractivity contribution is 6.29. The summed E-state index contributed by atoms with van der Waals surface area (Å²) in [5.41, 5.74) is 3.15. The fourth-order valence-electron chi connectivity index (χ4n) is 10.0. The number of hydrogen-bond donors (Lipinski definition) is 10. The van der Waals surface area contributed by atoms with Crippen LogP contribution in [0.2, 0.25) is 0 Å². The topological polar surface area (TPSA) is 292 Å². The quantitative estimate of drug-likeness (QED) is 0.0830. The van der Waals surface area contributed by atoms with Gasteiger partial charge in [0.25, 0.3) is 0 Å². The van der Waals surface area contributed by atoms with E-state index in [2.05, 4.69) is 16.0 Å². The van der Waals surface area contributed by atoms with Gasteiger partial charge in [0.1, 0.15) is 49.2 Å². The molecular weight excluding hydrogens is 810 g/mol. The number of amides is 1. The number of carbonyl (C=O) groups is 4. The fourth-order valence-corrected chi connectivity index (χ4v) is 10.0. The molecule has 1 amide bonds. The first kappa shape index (κ1) is 42.4. The zero-order valence-electron chi connectivity index (χ0n) is 33.4. The van der Waals surface area contributed by atoms with Gasteiger partial charge in [-0.05, 0) is 54.7 Å². The number of aldehydes is 1. The van der Waals surface area contributed by atoms with Crippen molar-refractivity contribution in [2.75, 3.05) is 38.0 Å². The molecule has 11 N–H and O–H groups in total. The van der Waals surface area contributed by atoms with E-state index in [-0.39, 0.29) is 90.8 Å². The largest absolute Gasteiger partial charge is 0.486 e. The van der Waals surface area contributed by atoms with Crippen molar-refractivity contribution >= 4 is 29.4 Å². The molecule has 4 bridgehead atoms. The molecule has 3 saturated heterocycles. The Balaban J connectivity index is 1.29. The standard InChI is InChI=1S/C43H49N5O14/c44-41-46-37-32(38(55)47-41)45-19-48(37)29-4-2-1-3-24(29)23-9-12-59-18-30-42(57)10-7-21(16-51)43(58,39(42)56)40(61-30)62-35-27(23)14-28-31(36(35)60-17-22(52)8-11-49)34(54)26-13-20(15-50)5-6-25(26)33(28)53/h1-6,11,13-14,21-23,30,32,37,39-41,45-46,50-52,56-58H,7-10,12,15-19,44H2,(H,47,55)/t21-,22+,23-,30-,32+,37-,39+,40+,41+,42-,43-/m0/s1. The minimum atomic E-state index is -2.47. The van der Waals surface area contributed by atoms with E-state index in [1.54, 1.807) is 6.07 Å². The molecule has 3 aromatic rings. The molecule has 6 aliphatic rings. The smallest absolute Gasteiger partial charge is 0.242 e. The summed E-state index contributed by atoms with van der Waals surface area (Å²) < 4.78 is 25.7. The van der Waals surface area contributed by atoms with Crippen molar-refractivity contribution in [1.29, 1.82) is 0 Å². The van der Waals surface area contributed by atoms with Gasteiger partial charge in [0.15, 0.2) is 28.7 Å². The molecule has 0 radical (unpaired) electrons. The number of para-hydroxylation sites is 1. The third-order valence-corrected chi connectivity index (χ3v) is 13.3. The Hall–Kier alpha value is -4.90. The second kappa shape index (κ2) is 16.3. The Kier molecular flexibility index (Phi) is 11.2. The summed E-state index contributed by atoms with van der Waals surface area (Å²) in [7, 11) is 0. The van der Waals surface area contributed by atoms with Gasteiger partial charge in [-0.3, -0.25) is 30.8 Å². The summed E-state index contributed by atoms with van der Waals surface area (Å²) in [6, 6.07) is 12.5. The molecule has 0 aromatic heterocycles. The lowest BCUT2D eigenvalue weighted by atomic mass is 9.62. The van der Waals surface area contributed by atoms with Gasteiger partial charge in [-0.2, -0.15) is 0 Å². The van der Waals surface area contributed by atoms with Gasteiger partial charge in [0.2, 0.25) is 12.2 Å². The van der Waals surface area contributed by atoms with Gasteiger partial charge >= 0.3 is 0 Å². The van der Waals surface area contributed by atoms with Crippen LogP contribution in [-0.2, 0) is 25.7 Å². The van der Waals surface area contributed by atoms with E-state index < -0.39 is 97.5 Å². The molecule has 4 heterocycles. The van der Waals surface area contributed by atoms with Gasteiger partial charge in [-0.25, -0.2) is 0 Å². The van der Waals surface area contributed by atoms with Gasteiger partial charge in [-0.1, -0.05) is 24.3 Å². The summed E-state index contributed by atoms with van der Waals surface area (Å²) in [5, 5.41) is 76.8. The van der Waals surface area contributed by atoms with E-state index in [1.807, 2.05) is 23.1 Å². The number of nitrogens with one attached hydrogen (secondary N) is 3. The molecule has 0 spiro atoms. The normalized spacial score (nSPS) is 33.1. The Morgan fingerprint density at radius 2 is 1.82 bits per heavy atom. The van der Waals surface area contributed by atoms with Gasteiger partial charge < -0.3 is 64.6 Å². The highest BCUT2D eigenvalue weighted by atomic mass is 16.7. The molecule has 3 aromatic carbocycles. The molecule has 4 aliphatic heterocycles. The Morgan fingerprint density at radius 1 is 1.02 bits per heavy atom. The van der Waals surface area contributed by atoms with Crippen LogP contribution in [-0.4, -0.2) is 142 Å². The van der Waals surface area contributed by atoms with E-state index in [0.717, 1.165) is 0 Å². The van der Waals surface area contributed by atoms with Crippen LogP contribution in [0.5, 0.6) is 11.5 Å². The minimum Gasteiger partial charge on any atom is -0.486 e. The maximum absolute atomic E-state index is 14.8. The fraction of sp³-hybridized carbons (Fsp3) is 0.488. The summed E-state index contributed by atoms with van der Waals surface area (Å²) in [6.07, 6.45) is -7.61. The molecule has 2 aliphatic carbocycles. The number of hydrogen-bond acceptors (Lipinski definition) is 18. The number of ether oxygens (including phenoxy) is 4. The van der Waals surface area contributed by atoms with Crippen LogP contribution < -0.4 is 36.1 Å². The van der Waals surface area contributed by atoms with Crippen LogP contribution in [0.15, 0.2) is 48.5 Å². The van der Waals surface area contributed by atoms with Crippen LogP contribution >= 0.6 is 0 Å². The SMILES string of the molecule is N[C@H]1NC(=O)[C@@H]2NCN(c3ccccc3[C@@H]3CCOC[C@@H]4O[C@H](Oc5c3cc3c(c5OC[C@H](O)CC=O)C(=O)c5cc(CO)ccc5C3=O)[C@]3(O)[C@H](CO)CC[C@@]4(O)[C@H]3O)[C@@H]2N1. The number of rotatable bonds is 9. The van der Waals surface area contributed by atoms with Crippen LogP contribution in [0.25, 0.3) is 0 Å². The lowest BCUT2D eigenvalue weighted by Gasteiger charge is -2.59. The summed E-state index contributed by atoms with van der Waals surface area (Å²) in [6.45, 7) is -1.69. The zero-order valence-corrected chi connectivity index (χ0v) is 33.4. The summed E-state index contributed by atoms with van der Waals surface area (Å²) >= 11 is 0. The highest BCUT2D eigenvalue weighted by Gasteiger charge is 2.69. The third-order valence-electron chi connectivity index (χ3n) is 13.3. The molecule has 11 atom stereocenters. The average molecular weight is 860 g/mol. The summed E-state index contributed by atoms with van der Waals surface area (Å²) in [5.74, 6) is -4.05. The number of aliphatic hydroxyl groups is 6. The Morgan fingerprint density at radius 3 is 2.60 bits per heavy atom. The van der Waals surface area contributed by atoms with E-state index in [0.29, 0.717) is 23.1 Å². The Labute approximate surface area is 354 Å². The third kappa shape index (κ3) is 6.70. The molecule has 9 rings (SSSR count). The van der Waals surface area contributed by atoms with E-state index in [4.69, 9.17) is 24.7 Å². The van der Waals surface area contributed by atoms with Crippen molar-refractivity contribution < 1.29 is 68.8 Å². The van der Waals surface area contributed by atoms with Gasteiger partial charge in [-0.15, -0.1) is 0 Å². The maximum atomic E-state index is 14.8. The first-order valence-corrected chi connectivity index (χ1v) is 20.7. The van der Waals surface area contributed by atoms with Crippen molar-refractivity contribution in [2.45, 2.75) is 92.5 Å². The predicted molar refractivity (Wildman–Crippen MR) is 214 cm³/mol. The highest BCUT2D eigenvalue weighted by Crippen LogP contribution is 2.54. The average Bonchev–Trinajstić information content (AvgIpc) is 3.68. The molecular formula is C43H49N5O14. The second-order valence-electron chi connectivity index (χ2n) is 16.8. The van der Waals surface area contributed by atoms with Crippen molar-refractivity contribution in [1.82, 2.24) is 16.0 Å². The van der Waals surface area contributed by atoms with E-state index in [9.17, 15) is 49.8 Å². The number of fused-ring (bicyclic) bond motifs is 10. The van der Waals surface area contributed by atoms with Crippen LogP contribution in [0, 0.1) is 5.92 Å². The first-order chi connectivity index (χ1) is 29.8. The molecule has 4 fully saturated rings. The number of ketones is 2. The molecule has 19 heteroatoms. The first-order valence-electron chi connectivity index (χ1n) is 20.7. The zero-order chi connectivity index (χ0) is 43.7. The number of nitrogens with two attached hydrogens (primary N) is 1. The van der Waals surface area contributed by atoms with Crippen LogP contribution in [0.3, 0.4) is 0 Å².